The molecule has 0 aliphatic heterocycles. The van der Waals surface area contributed by atoms with E-state index in [2.05, 4.69) is 6.92 Å². The zero-order chi connectivity index (χ0) is 16.0. The van der Waals surface area contributed by atoms with Crippen LogP contribution in [0.2, 0.25) is 0 Å². The van der Waals surface area contributed by atoms with Gasteiger partial charge in [0, 0.05) is 13.6 Å². The van der Waals surface area contributed by atoms with Gasteiger partial charge in [-0.15, -0.1) is 0 Å². The maximum atomic E-state index is 12.0. The molecule has 0 atom stereocenters. The molecule has 1 rings (SSSR count). The number of amides is 1. The highest BCUT2D eigenvalue weighted by atomic mass is 32.2. The minimum Gasteiger partial charge on any atom is -0.345 e. The number of hydrogen-bond acceptors (Lipinski definition) is 3. The zero-order valence-electron chi connectivity index (χ0n) is 13.3. The van der Waals surface area contributed by atoms with Gasteiger partial charge in [0.1, 0.15) is 0 Å². The van der Waals surface area contributed by atoms with Gasteiger partial charge in [0.15, 0.2) is 9.84 Å². The molecule has 0 aliphatic carbocycles. The standard InChI is InChI=1S/C16H25NO3S/c1-5-6-11-17(4)16(18)12-14-7-9-15(10-8-14)21(19,20)13(2)3/h7-10,13H,5-6,11-12H2,1-4H3. The zero-order valence-corrected chi connectivity index (χ0v) is 14.1. The van der Waals surface area contributed by atoms with Crippen molar-refractivity contribution in [2.45, 2.75) is 50.2 Å². The summed E-state index contributed by atoms with van der Waals surface area (Å²) >= 11 is 0. The van der Waals surface area contributed by atoms with Crippen molar-refractivity contribution >= 4 is 15.7 Å². The van der Waals surface area contributed by atoms with E-state index in [4.69, 9.17) is 0 Å². The highest BCUT2D eigenvalue weighted by molar-refractivity contribution is 7.92. The van der Waals surface area contributed by atoms with E-state index in [0.29, 0.717) is 11.3 Å². The Hall–Kier alpha value is -1.36. The molecule has 0 saturated heterocycles. The van der Waals surface area contributed by atoms with Gasteiger partial charge in [-0.25, -0.2) is 8.42 Å². The van der Waals surface area contributed by atoms with Crippen LogP contribution in [0.3, 0.4) is 0 Å². The highest BCUT2D eigenvalue weighted by Gasteiger charge is 2.19. The molecule has 118 valence electrons. The molecule has 0 heterocycles. The smallest absolute Gasteiger partial charge is 0.226 e. The molecule has 1 aromatic carbocycles. The second-order valence-electron chi connectivity index (χ2n) is 5.58. The number of likely N-dealkylation sites (N-methyl/N-ethyl adjacent to an activating group) is 1. The quantitative estimate of drug-likeness (QED) is 0.778. The summed E-state index contributed by atoms with van der Waals surface area (Å²) < 4.78 is 24.0. The Morgan fingerprint density at radius 3 is 2.24 bits per heavy atom. The lowest BCUT2D eigenvalue weighted by Crippen LogP contribution is -2.29. The Morgan fingerprint density at radius 2 is 1.76 bits per heavy atom. The molecule has 5 heteroatoms. The molecule has 0 fully saturated rings. The van der Waals surface area contributed by atoms with Crippen LogP contribution in [-0.2, 0) is 21.1 Å². The summed E-state index contributed by atoms with van der Waals surface area (Å²) in [6.45, 7) is 6.17. The number of nitrogens with zero attached hydrogens (tertiary/aromatic N) is 1. The van der Waals surface area contributed by atoms with Crippen molar-refractivity contribution in [2.75, 3.05) is 13.6 Å². The highest BCUT2D eigenvalue weighted by Crippen LogP contribution is 2.17. The largest absolute Gasteiger partial charge is 0.345 e. The van der Waals surface area contributed by atoms with Crippen molar-refractivity contribution < 1.29 is 13.2 Å². The van der Waals surface area contributed by atoms with E-state index < -0.39 is 15.1 Å². The Balaban J connectivity index is 2.74. The van der Waals surface area contributed by atoms with E-state index in [9.17, 15) is 13.2 Å². The molecule has 0 radical (unpaired) electrons. The first-order chi connectivity index (χ1) is 9.78. The van der Waals surface area contributed by atoms with Gasteiger partial charge in [-0.1, -0.05) is 25.5 Å². The molecule has 1 amide bonds. The molecule has 21 heavy (non-hydrogen) atoms. The molecular formula is C16H25NO3S. The van der Waals surface area contributed by atoms with Gasteiger partial charge in [0.05, 0.1) is 16.6 Å². The fourth-order valence-corrected chi connectivity index (χ4v) is 2.96. The maximum Gasteiger partial charge on any atom is 0.226 e. The SMILES string of the molecule is CCCCN(C)C(=O)Cc1ccc(S(=O)(=O)C(C)C)cc1. The number of hydrogen-bond donors (Lipinski definition) is 0. The molecule has 0 unspecified atom stereocenters. The van der Waals surface area contributed by atoms with Crippen molar-refractivity contribution in [3.63, 3.8) is 0 Å². The monoisotopic (exact) mass is 311 g/mol. The van der Waals surface area contributed by atoms with Gasteiger partial charge >= 0.3 is 0 Å². The molecule has 0 N–H and O–H groups in total. The van der Waals surface area contributed by atoms with Crippen LogP contribution in [0.1, 0.15) is 39.2 Å². The molecule has 0 aliphatic rings. The third-order valence-electron chi connectivity index (χ3n) is 3.50. The average Bonchev–Trinajstić information content (AvgIpc) is 2.45. The van der Waals surface area contributed by atoms with Crippen molar-refractivity contribution in [3.8, 4) is 0 Å². The van der Waals surface area contributed by atoms with E-state index in [1.54, 1.807) is 50.1 Å². The molecule has 0 saturated carbocycles. The second-order valence-corrected chi connectivity index (χ2v) is 8.09. The van der Waals surface area contributed by atoms with Gasteiger partial charge in [-0.2, -0.15) is 0 Å². The topological polar surface area (TPSA) is 54.5 Å². The number of sulfone groups is 1. The molecule has 0 aromatic heterocycles. The number of rotatable bonds is 7. The minimum absolute atomic E-state index is 0.0583. The Labute approximate surface area is 128 Å². The Kier molecular flexibility index (Phi) is 6.40. The van der Waals surface area contributed by atoms with Crippen LogP contribution in [0.15, 0.2) is 29.2 Å². The first-order valence-electron chi connectivity index (χ1n) is 7.35. The molecule has 4 nitrogen and oxygen atoms in total. The van der Waals surface area contributed by atoms with Crippen molar-refractivity contribution in [1.82, 2.24) is 4.90 Å². The summed E-state index contributed by atoms with van der Waals surface area (Å²) in [4.78, 5) is 14.1. The summed E-state index contributed by atoms with van der Waals surface area (Å²) in [5, 5.41) is -0.440. The summed E-state index contributed by atoms with van der Waals surface area (Å²) in [5.41, 5.74) is 0.839. The van der Waals surface area contributed by atoms with E-state index in [-0.39, 0.29) is 5.91 Å². The summed E-state index contributed by atoms with van der Waals surface area (Å²) in [6.07, 6.45) is 2.36. The van der Waals surface area contributed by atoms with Crippen LogP contribution in [0.4, 0.5) is 0 Å². The first-order valence-corrected chi connectivity index (χ1v) is 8.90. The fraction of sp³-hybridized carbons (Fsp3) is 0.562. The predicted octanol–water partition coefficient (Wildman–Crippen LogP) is 2.67. The number of benzene rings is 1. The van der Waals surface area contributed by atoms with Crippen LogP contribution in [0, 0.1) is 0 Å². The summed E-state index contributed by atoms with van der Waals surface area (Å²) in [5.74, 6) is 0.0583. The molecule has 0 bridgehead atoms. The van der Waals surface area contributed by atoms with E-state index in [0.717, 1.165) is 24.9 Å². The van der Waals surface area contributed by atoms with Gasteiger partial charge in [0.2, 0.25) is 5.91 Å². The van der Waals surface area contributed by atoms with E-state index in [1.165, 1.54) is 0 Å². The van der Waals surface area contributed by atoms with Crippen LogP contribution in [0.5, 0.6) is 0 Å². The van der Waals surface area contributed by atoms with Gasteiger partial charge in [-0.3, -0.25) is 4.79 Å². The average molecular weight is 311 g/mol. The maximum absolute atomic E-state index is 12.0. The van der Waals surface area contributed by atoms with Gasteiger partial charge in [-0.05, 0) is 38.0 Å². The number of carbonyl (C=O) groups is 1. The van der Waals surface area contributed by atoms with E-state index in [1.807, 2.05) is 0 Å². The second kappa shape index (κ2) is 7.59. The van der Waals surface area contributed by atoms with Gasteiger partial charge < -0.3 is 4.90 Å². The van der Waals surface area contributed by atoms with E-state index >= 15 is 0 Å². The molecular weight excluding hydrogens is 286 g/mol. The Morgan fingerprint density at radius 1 is 1.19 bits per heavy atom. The third kappa shape index (κ3) is 4.84. The molecule has 1 aromatic rings. The lowest BCUT2D eigenvalue weighted by Gasteiger charge is -2.16. The minimum atomic E-state index is -3.25. The normalized spacial score (nSPS) is 11.7. The lowest BCUT2D eigenvalue weighted by molar-refractivity contribution is -0.129. The first kappa shape index (κ1) is 17.7. The molecule has 0 spiro atoms. The fourth-order valence-electron chi connectivity index (χ4n) is 1.90. The number of unbranched alkanes of at least 4 members (excludes halogenated alkanes) is 1. The Bertz CT molecular complexity index is 562. The third-order valence-corrected chi connectivity index (χ3v) is 5.67. The van der Waals surface area contributed by atoms with Crippen LogP contribution < -0.4 is 0 Å². The number of carbonyl (C=O) groups excluding carboxylic acids is 1. The van der Waals surface area contributed by atoms with Crippen molar-refractivity contribution in [3.05, 3.63) is 29.8 Å². The predicted molar refractivity (Wildman–Crippen MR) is 85.0 cm³/mol. The summed E-state index contributed by atoms with van der Waals surface area (Å²) in [6, 6.07) is 6.62. The lowest BCUT2D eigenvalue weighted by atomic mass is 10.1. The summed E-state index contributed by atoms with van der Waals surface area (Å²) in [7, 11) is -1.44. The van der Waals surface area contributed by atoms with Crippen LogP contribution in [-0.4, -0.2) is 38.1 Å². The van der Waals surface area contributed by atoms with Gasteiger partial charge in [0.25, 0.3) is 0 Å². The van der Waals surface area contributed by atoms with Crippen LogP contribution in [0.25, 0.3) is 0 Å². The van der Waals surface area contributed by atoms with Crippen LogP contribution >= 0.6 is 0 Å². The van der Waals surface area contributed by atoms with Crippen molar-refractivity contribution in [1.29, 1.82) is 0 Å². The van der Waals surface area contributed by atoms with Crippen molar-refractivity contribution in [2.24, 2.45) is 0 Å².